The van der Waals surface area contributed by atoms with Crippen molar-refractivity contribution in [3.05, 3.63) is 16.6 Å². The van der Waals surface area contributed by atoms with Gasteiger partial charge in [-0.2, -0.15) is 0 Å². The van der Waals surface area contributed by atoms with Crippen molar-refractivity contribution < 1.29 is 4.79 Å². The molecule has 2 atom stereocenters. The summed E-state index contributed by atoms with van der Waals surface area (Å²) in [5, 5.41) is 5.92. The molecule has 0 aromatic carbocycles. The molecule has 0 bridgehead atoms. The molecule has 0 radical (unpaired) electrons. The highest BCUT2D eigenvalue weighted by Gasteiger charge is 2.17. The number of hydrogen-bond acceptors (Lipinski definition) is 4. The van der Waals surface area contributed by atoms with Crippen LogP contribution in [0, 0.1) is 5.92 Å². The molecule has 0 spiro atoms. The average Bonchev–Trinajstić information content (AvgIpc) is 2.86. The molecule has 1 rings (SSSR count). The molecule has 1 amide bonds. The molecule has 0 saturated carbocycles. The number of nitrogens with one attached hydrogen (secondary N) is 1. The number of hydrogen-bond donors (Lipinski definition) is 2. The van der Waals surface area contributed by atoms with Gasteiger partial charge in [0, 0.05) is 18.0 Å². The molecule has 2 unspecified atom stereocenters. The van der Waals surface area contributed by atoms with Crippen LogP contribution in [0.2, 0.25) is 0 Å². The number of amides is 1. The van der Waals surface area contributed by atoms with Gasteiger partial charge in [0.05, 0.1) is 6.04 Å². The predicted molar refractivity (Wildman–Crippen MR) is 70.7 cm³/mol. The van der Waals surface area contributed by atoms with E-state index in [1.165, 1.54) is 0 Å². The van der Waals surface area contributed by atoms with E-state index in [-0.39, 0.29) is 17.9 Å². The third kappa shape index (κ3) is 4.44. The number of carbonyl (C=O) groups excluding carboxylic acids is 1. The minimum absolute atomic E-state index is 0.0396. The molecule has 0 fully saturated rings. The highest BCUT2D eigenvalue weighted by atomic mass is 32.1. The fraction of sp³-hybridized carbons (Fsp3) is 0.667. The van der Waals surface area contributed by atoms with Crippen LogP contribution in [0.25, 0.3) is 0 Å². The van der Waals surface area contributed by atoms with E-state index in [1.54, 1.807) is 17.5 Å². The highest BCUT2D eigenvalue weighted by molar-refractivity contribution is 7.09. The van der Waals surface area contributed by atoms with Crippen molar-refractivity contribution in [2.75, 3.05) is 6.54 Å². The van der Waals surface area contributed by atoms with E-state index in [1.807, 2.05) is 12.3 Å². The lowest BCUT2D eigenvalue weighted by Crippen LogP contribution is -2.31. The fourth-order valence-corrected chi connectivity index (χ4v) is 2.43. The zero-order valence-electron chi connectivity index (χ0n) is 10.5. The Hall–Kier alpha value is -0.940. The third-order valence-electron chi connectivity index (χ3n) is 2.88. The van der Waals surface area contributed by atoms with E-state index in [9.17, 15) is 4.79 Å². The Labute approximate surface area is 107 Å². The van der Waals surface area contributed by atoms with Crippen LogP contribution in [0.1, 0.15) is 44.2 Å². The van der Waals surface area contributed by atoms with E-state index in [4.69, 9.17) is 5.73 Å². The van der Waals surface area contributed by atoms with Crippen LogP contribution >= 0.6 is 11.3 Å². The second kappa shape index (κ2) is 7.40. The molecule has 3 N–H and O–H groups in total. The second-order valence-corrected chi connectivity index (χ2v) is 5.04. The number of thiazole rings is 1. The quantitative estimate of drug-likeness (QED) is 0.784. The zero-order valence-corrected chi connectivity index (χ0v) is 11.3. The number of nitrogens with zero attached hydrogens (tertiary/aromatic N) is 1. The van der Waals surface area contributed by atoms with Gasteiger partial charge in [-0.3, -0.25) is 4.79 Å². The van der Waals surface area contributed by atoms with Crippen LogP contribution in [0.5, 0.6) is 0 Å². The van der Waals surface area contributed by atoms with Crippen molar-refractivity contribution in [1.29, 1.82) is 0 Å². The molecule has 96 valence electrons. The number of aromatic nitrogens is 1. The SMILES string of the molecule is CCC(CN)CC(=O)NC(CC)c1nccs1. The summed E-state index contributed by atoms with van der Waals surface area (Å²) < 4.78 is 0. The highest BCUT2D eigenvalue weighted by Crippen LogP contribution is 2.19. The summed E-state index contributed by atoms with van der Waals surface area (Å²) in [6.07, 6.45) is 4.08. The Balaban J connectivity index is 2.49. The van der Waals surface area contributed by atoms with Gasteiger partial charge < -0.3 is 11.1 Å². The molecule has 0 aliphatic heterocycles. The normalized spacial score (nSPS) is 14.3. The van der Waals surface area contributed by atoms with Crippen molar-refractivity contribution >= 4 is 17.2 Å². The molecule has 17 heavy (non-hydrogen) atoms. The Morgan fingerprint density at radius 2 is 2.29 bits per heavy atom. The first-order valence-electron chi connectivity index (χ1n) is 6.10. The second-order valence-electron chi connectivity index (χ2n) is 4.11. The van der Waals surface area contributed by atoms with Gasteiger partial charge in [0.25, 0.3) is 0 Å². The number of carbonyl (C=O) groups is 1. The largest absolute Gasteiger partial charge is 0.347 e. The third-order valence-corrected chi connectivity index (χ3v) is 3.77. The minimum atomic E-state index is 0.0396. The maximum Gasteiger partial charge on any atom is 0.220 e. The van der Waals surface area contributed by atoms with Crippen molar-refractivity contribution in [2.45, 2.75) is 39.2 Å². The van der Waals surface area contributed by atoms with Gasteiger partial charge in [-0.1, -0.05) is 20.3 Å². The summed E-state index contributed by atoms with van der Waals surface area (Å²) in [6, 6.07) is 0.0396. The van der Waals surface area contributed by atoms with Crippen LogP contribution in [0.15, 0.2) is 11.6 Å². The van der Waals surface area contributed by atoms with Gasteiger partial charge in [0.15, 0.2) is 0 Å². The molecule has 0 aliphatic rings. The van der Waals surface area contributed by atoms with Crippen molar-refractivity contribution in [3.8, 4) is 0 Å². The molecule has 1 aromatic rings. The predicted octanol–water partition coefficient (Wildman–Crippen LogP) is 2.09. The molecular formula is C12H21N3OS. The molecule has 4 nitrogen and oxygen atoms in total. The molecule has 1 aromatic heterocycles. The van der Waals surface area contributed by atoms with E-state index in [2.05, 4.69) is 17.2 Å². The molecule has 1 heterocycles. The summed E-state index contributed by atoms with van der Waals surface area (Å²) in [4.78, 5) is 16.1. The van der Waals surface area contributed by atoms with Gasteiger partial charge in [0.1, 0.15) is 5.01 Å². The summed E-state index contributed by atoms with van der Waals surface area (Å²) in [7, 11) is 0. The van der Waals surface area contributed by atoms with Gasteiger partial charge in [-0.05, 0) is 18.9 Å². The molecule has 0 saturated heterocycles. The Kier molecular flexibility index (Phi) is 6.15. The number of nitrogens with two attached hydrogens (primary N) is 1. The van der Waals surface area contributed by atoms with E-state index in [0.29, 0.717) is 13.0 Å². The van der Waals surface area contributed by atoms with Crippen LogP contribution in [-0.2, 0) is 4.79 Å². The first-order chi connectivity index (χ1) is 8.21. The maximum absolute atomic E-state index is 11.8. The van der Waals surface area contributed by atoms with Crippen LogP contribution in [0.4, 0.5) is 0 Å². The molecule has 0 aliphatic carbocycles. The number of rotatable bonds is 7. The lowest BCUT2D eigenvalue weighted by atomic mass is 10.0. The van der Waals surface area contributed by atoms with Crippen molar-refractivity contribution in [2.24, 2.45) is 11.7 Å². The van der Waals surface area contributed by atoms with Crippen LogP contribution in [0.3, 0.4) is 0 Å². The lowest BCUT2D eigenvalue weighted by molar-refractivity contribution is -0.122. The Morgan fingerprint density at radius 3 is 2.76 bits per heavy atom. The fourth-order valence-electron chi connectivity index (χ4n) is 1.65. The summed E-state index contributed by atoms with van der Waals surface area (Å²) >= 11 is 1.58. The Bertz CT molecular complexity index is 323. The standard InChI is InChI=1S/C12H21N3OS/c1-3-9(8-13)7-11(16)15-10(4-2)12-14-5-6-17-12/h5-6,9-10H,3-4,7-8,13H2,1-2H3,(H,15,16). The monoisotopic (exact) mass is 255 g/mol. The topological polar surface area (TPSA) is 68.0 Å². The lowest BCUT2D eigenvalue weighted by Gasteiger charge is -2.17. The van der Waals surface area contributed by atoms with E-state index >= 15 is 0 Å². The average molecular weight is 255 g/mol. The smallest absolute Gasteiger partial charge is 0.220 e. The minimum Gasteiger partial charge on any atom is -0.347 e. The van der Waals surface area contributed by atoms with Gasteiger partial charge in [0.2, 0.25) is 5.91 Å². The van der Waals surface area contributed by atoms with E-state index < -0.39 is 0 Å². The first kappa shape index (κ1) is 14.1. The van der Waals surface area contributed by atoms with Crippen LogP contribution < -0.4 is 11.1 Å². The van der Waals surface area contributed by atoms with Crippen molar-refractivity contribution in [3.63, 3.8) is 0 Å². The molecule has 5 heteroatoms. The van der Waals surface area contributed by atoms with Crippen molar-refractivity contribution in [1.82, 2.24) is 10.3 Å². The molecular weight excluding hydrogens is 234 g/mol. The first-order valence-corrected chi connectivity index (χ1v) is 6.98. The van der Waals surface area contributed by atoms with Crippen LogP contribution in [-0.4, -0.2) is 17.4 Å². The summed E-state index contributed by atoms with van der Waals surface area (Å²) in [5.41, 5.74) is 5.60. The Morgan fingerprint density at radius 1 is 1.53 bits per heavy atom. The summed E-state index contributed by atoms with van der Waals surface area (Å²) in [5.74, 6) is 0.355. The van der Waals surface area contributed by atoms with Gasteiger partial charge >= 0.3 is 0 Å². The zero-order chi connectivity index (χ0) is 12.7. The van der Waals surface area contributed by atoms with Gasteiger partial charge in [-0.15, -0.1) is 11.3 Å². The summed E-state index contributed by atoms with van der Waals surface area (Å²) in [6.45, 7) is 4.67. The maximum atomic E-state index is 11.8. The van der Waals surface area contributed by atoms with E-state index in [0.717, 1.165) is 17.8 Å². The van der Waals surface area contributed by atoms with Gasteiger partial charge in [-0.25, -0.2) is 4.98 Å².